The molecule has 0 saturated heterocycles. The number of nitrogens with zero attached hydrogens (tertiary/aromatic N) is 2. The van der Waals surface area contributed by atoms with Crippen LogP contribution in [0.5, 0.6) is 0 Å². The van der Waals surface area contributed by atoms with Gasteiger partial charge in [-0.1, -0.05) is 35.9 Å². The Labute approximate surface area is 151 Å². The zero-order valence-electron chi connectivity index (χ0n) is 14.0. The van der Waals surface area contributed by atoms with Gasteiger partial charge >= 0.3 is 0 Å². The molecule has 0 atom stereocenters. The third-order valence-electron chi connectivity index (χ3n) is 3.94. The molecule has 25 heavy (non-hydrogen) atoms. The minimum atomic E-state index is -0.187. The fourth-order valence-corrected chi connectivity index (χ4v) is 2.58. The number of anilines is 1. The first-order valence-electron chi connectivity index (χ1n) is 7.86. The fraction of sp³-hybridized carbons (Fsp3) is 0.100. The van der Waals surface area contributed by atoms with E-state index in [4.69, 9.17) is 11.6 Å². The van der Waals surface area contributed by atoms with Crippen molar-refractivity contribution >= 4 is 29.3 Å². The van der Waals surface area contributed by atoms with E-state index in [9.17, 15) is 4.79 Å². The zero-order chi connectivity index (χ0) is 17.8. The molecule has 5 heteroatoms. The summed E-state index contributed by atoms with van der Waals surface area (Å²) >= 11 is 5.85. The van der Waals surface area contributed by atoms with Gasteiger partial charge < -0.3 is 9.88 Å². The second kappa shape index (κ2) is 7.36. The van der Waals surface area contributed by atoms with E-state index < -0.39 is 0 Å². The molecule has 1 amide bonds. The molecule has 3 rings (SSSR count). The maximum Gasteiger partial charge on any atom is 0.248 e. The van der Waals surface area contributed by atoms with E-state index in [0.29, 0.717) is 5.02 Å². The molecule has 0 aliphatic carbocycles. The van der Waals surface area contributed by atoms with Crippen LogP contribution in [0.15, 0.2) is 60.8 Å². The summed E-state index contributed by atoms with van der Waals surface area (Å²) in [5, 5.41) is 3.55. The number of hydrogen-bond donors (Lipinski definition) is 1. The monoisotopic (exact) mass is 351 g/mol. The van der Waals surface area contributed by atoms with Gasteiger partial charge in [0, 0.05) is 29.4 Å². The van der Waals surface area contributed by atoms with E-state index in [-0.39, 0.29) is 5.91 Å². The molecule has 2 aromatic carbocycles. The van der Waals surface area contributed by atoms with E-state index >= 15 is 0 Å². The zero-order valence-corrected chi connectivity index (χ0v) is 14.8. The molecule has 0 spiro atoms. The maximum atomic E-state index is 12.1. The first kappa shape index (κ1) is 17.0. The van der Waals surface area contributed by atoms with Crippen molar-refractivity contribution in [2.45, 2.75) is 6.92 Å². The van der Waals surface area contributed by atoms with E-state index in [1.807, 2.05) is 61.1 Å². The lowest BCUT2D eigenvalue weighted by molar-refractivity contribution is -0.111. The molecular formula is C20H18ClN3O. The van der Waals surface area contributed by atoms with Crippen LogP contribution in [0, 0.1) is 6.92 Å². The average molecular weight is 352 g/mol. The minimum Gasteiger partial charge on any atom is -0.331 e. The summed E-state index contributed by atoms with van der Waals surface area (Å²) in [6, 6.07) is 15.0. The number of amides is 1. The first-order valence-corrected chi connectivity index (χ1v) is 8.24. The second-order valence-corrected chi connectivity index (χ2v) is 6.14. The summed E-state index contributed by atoms with van der Waals surface area (Å²) < 4.78 is 2.02. The fourth-order valence-electron chi connectivity index (χ4n) is 2.46. The molecule has 1 heterocycles. The Morgan fingerprint density at radius 1 is 1.20 bits per heavy atom. The molecule has 1 aromatic heterocycles. The molecule has 126 valence electrons. The van der Waals surface area contributed by atoms with Crippen LogP contribution in [0.3, 0.4) is 0 Å². The molecule has 0 radical (unpaired) electrons. The summed E-state index contributed by atoms with van der Waals surface area (Å²) in [5.41, 5.74) is 3.66. The van der Waals surface area contributed by atoms with Gasteiger partial charge in [-0.2, -0.15) is 0 Å². The summed E-state index contributed by atoms with van der Waals surface area (Å²) in [4.78, 5) is 16.4. The number of carbonyl (C=O) groups excluding carboxylic acids is 1. The molecule has 1 N–H and O–H groups in total. The van der Waals surface area contributed by atoms with E-state index in [1.165, 1.54) is 6.08 Å². The topological polar surface area (TPSA) is 46.9 Å². The van der Waals surface area contributed by atoms with Crippen LogP contribution in [0.2, 0.25) is 5.02 Å². The quantitative estimate of drug-likeness (QED) is 0.692. The summed E-state index contributed by atoms with van der Waals surface area (Å²) in [6.45, 7) is 1.96. The highest BCUT2D eigenvalue weighted by Crippen LogP contribution is 2.23. The first-order chi connectivity index (χ1) is 12.0. The van der Waals surface area contributed by atoms with Crippen LogP contribution >= 0.6 is 11.6 Å². The molecule has 0 saturated carbocycles. The van der Waals surface area contributed by atoms with Crippen molar-refractivity contribution in [2.24, 2.45) is 7.05 Å². The standard InChI is InChI=1S/C20H18ClN3O/c1-14-22-13-19(24(14)2)16-4-3-5-18(12-16)23-20(25)11-8-15-6-9-17(21)10-7-15/h3-13H,1-2H3,(H,23,25). The summed E-state index contributed by atoms with van der Waals surface area (Å²) in [7, 11) is 1.97. The maximum absolute atomic E-state index is 12.1. The smallest absolute Gasteiger partial charge is 0.248 e. The lowest BCUT2D eigenvalue weighted by Crippen LogP contribution is -2.07. The van der Waals surface area contributed by atoms with E-state index in [0.717, 1.165) is 28.3 Å². The molecular weight excluding hydrogens is 334 g/mol. The van der Waals surface area contributed by atoms with E-state index in [2.05, 4.69) is 10.3 Å². The molecule has 0 aliphatic heterocycles. The lowest BCUT2D eigenvalue weighted by Gasteiger charge is -2.07. The Kier molecular flexibility index (Phi) is 5.00. The Hall–Kier alpha value is -2.85. The highest BCUT2D eigenvalue weighted by molar-refractivity contribution is 6.30. The molecule has 3 aromatic rings. The number of halogens is 1. The summed E-state index contributed by atoms with van der Waals surface area (Å²) in [6.07, 6.45) is 5.08. The third kappa shape index (κ3) is 4.17. The van der Waals surface area contributed by atoms with Gasteiger partial charge in [-0.3, -0.25) is 4.79 Å². The number of hydrogen-bond acceptors (Lipinski definition) is 2. The van der Waals surface area contributed by atoms with Crippen molar-refractivity contribution in [2.75, 3.05) is 5.32 Å². The van der Waals surface area contributed by atoms with Crippen LogP contribution in [0.4, 0.5) is 5.69 Å². The second-order valence-electron chi connectivity index (χ2n) is 5.70. The Morgan fingerprint density at radius 2 is 1.96 bits per heavy atom. The molecule has 0 aliphatic rings. The molecule has 4 nitrogen and oxygen atoms in total. The Bertz CT molecular complexity index is 926. The van der Waals surface area contributed by atoms with Crippen molar-refractivity contribution in [1.82, 2.24) is 9.55 Å². The number of aryl methyl sites for hydroxylation is 1. The number of nitrogens with one attached hydrogen (secondary N) is 1. The van der Waals surface area contributed by atoms with Gasteiger partial charge in [0.2, 0.25) is 5.91 Å². The average Bonchev–Trinajstić information content (AvgIpc) is 2.94. The molecule has 0 bridgehead atoms. The predicted molar refractivity (Wildman–Crippen MR) is 102 cm³/mol. The number of carbonyl (C=O) groups is 1. The largest absolute Gasteiger partial charge is 0.331 e. The van der Waals surface area contributed by atoms with Crippen molar-refractivity contribution in [1.29, 1.82) is 0 Å². The number of aromatic nitrogens is 2. The molecule has 0 unspecified atom stereocenters. The molecule has 0 fully saturated rings. The number of imidazole rings is 1. The highest BCUT2D eigenvalue weighted by Gasteiger charge is 2.07. The van der Waals surface area contributed by atoms with Gasteiger partial charge in [0.25, 0.3) is 0 Å². The van der Waals surface area contributed by atoms with Gasteiger partial charge in [-0.15, -0.1) is 0 Å². The van der Waals surface area contributed by atoms with Crippen molar-refractivity contribution < 1.29 is 4.79 Å². The van der Waals surface area contributed by atoms with Crippen LogP contribution in [0.1, 0.15) is 11.4 Å². The minimum absolute atomic E-state index is 0.187. The SMILES string of the molecule is Cc1ncc(-c2cccc(NC(=O)C=Cc3ccc(Cl)cc3)c2)n1C. The van der Waals surface area contributed by atoms with Crippen LogP contribution < -0.4 is 5.32 Å². The van der Waals surface area contributed by atoms with Gasteiger partial charge in [-0.05, 0) is 42.8 Å². The van der Waals surface area contributed by atoms with Gasteiger partial charge in [0.15, 0.2) is 0 Å². The third-order valence-corrected chi connectivity index (χ3v) is 4.20. The normalized spacial score (nSPS) is 11.0. The van der Waals surface area contributed by atoms with Gasteiger partial charge in [-0.25, -0.2) is 4.98 Å². The van der Waals surface area contributed by atoms with Crippen LogP contribution in [0.25, 0.3) is 17.3 Å². The van der Waals surface area contributed by atoms with E-state index in [1.54, 1.807) is 18.2 Å². The number of benzene rings is 2. The van der Waals surface area contributed by atoms with Crippen molar-refractivity contribution in [3.05, 3.63) is 77.2 Å². The lowest BCUT2D eigenvalue weighted by atomic mass is 10.1. The highest BCUT2D eigenvalue weighted by atomic mass is 35.5. The Morgan fingerprint density at radius 3 is 2.64 bits per heavy atom. The van der Waals surface area contributed by atoms with Gasteiger partial charge in [0.1, 0.15) is 5.82 Å². The van der Waals surface area contributed by atoms with Gasteiger partial charge in [0.05, 0.1) is 11.9 Å². The number of rotatable bonds is 4. The van der Waals surface area contributed by atoms with Crippen molar-refractivity contribution in [3.8, 4) is 11.3 Å². The predicted octanol–water partition coefficient (Wildman–Crippen LogP) is 4.70. The van der Waals surface area contributed by atoms with Crippen LogP contribution in [-0.4, -0.2) is 15.5 Å². The summed E-state index contributed by atoms with van der Waals surface area (Å²) in [5.74, 6) is 0.753. The van der Waals surface area contributed by atoms with Crippen molar-refractivity contribution in [3.63, 3.8) is 0 Å². The Balaban J connectivity index is 1.72. The van der Waals surface area contributed by atoms with Crippen LogP contribution in [-0.2, 0) is 11.8 Å².